The number of halogens is 1. The van der Waals surface area contributed by atoms with Crippen molar-refractivity contribution in [1.29, 1.82) is 0 Å². The molecule has 38 heavy (non-hydrogen) atoms. The van der Waals surface area contributed by atoms with E-state index in [4.69, 9.17) is 31.1 Å². The monoisotopic (exact) mass is 534 g/mol. The molecule has 0 amide bonds. The first-order chi connectivity index (χ1) is 18.3. The zero-order chi connectivity index (χ0) is 27.0. The summed E-state index contributed by atoms with van der Waals surface area (Å²) in [5, 5.41) is 0.679. The second-order valence-corrected chi connectivity index (χ2v) is 10.3. The lowest BCUT2D eigenvalue weighted by Crippen LogP contribution is -2.31. The van der Waals surface area contributed by atoms with Gasteiger partial charge >= 0.3 is 11.9 Å². The van der Waals surface area contributed by atoms with E-state index in [0.717, 1.165) is 33.9 Å². The van der Waals surface area contributed by atoms with Gasteiger partial charge in [0.25, 0.3) is 0 Å². The summed E-state index contributed by atoms with van der Waals surface area (Å²) in [5.41, 5.74) is 4.91. The van der Waals surface area contributed by atoms with Crippen molar-refractivity contribution < 1.29 is 19.1 Å². The Morgan fingerprint density at radius 3 is 2.66 bits per heavy atom. The summed E-state index contributed by atoms with van der Waals surface area (Å²) in [4.78, 5) is 39.7. The van der Waals surface area contributed by atoms with E-state index in [-0.39, 0.29) is 6.42 Å². The van der Waals surface area contributed by atoms with E-state index in [2.05, 4.69) is 15.6 Å². The van der Waals surface area contributed by atoms with Crippen molar-refractivity contribution in [2.75, 3.05) is 6.61 Å². The maximum atomic E-state index is 12.9. The number of hydrogen-bond acceptors (Lipinski definition) is 7. The van der Waals surface area contributed by atoms with Crippen LogP contribution in [0.25, 0.3) is 5.69 Å². The van der Waals surface area contributed by atoms with E-state index in [1.54, 1.807) is 6.20 Å². The molecule has 3 aromatic rings. The Hall–Kier alpha value is -3.52. The number of benzene rings is 1. The Bertz CT molecular complexity index is 1430. The lowest BCUT2D eigenvalue weighted by atomic mass is 9.96. The fourth-order valence-corrected chi connectivity index (χ4v) is 5.05. The SMILES string of the molecule is CCCOC(=O)C1(OC(=O)CC[C@@H]2N=C(c3ccccn3)c3c(cc(C)c(Cl)c3C)-n3c(C)cnc32)CC1. The Kier molecular flexibility index (Phi) is 7.09. The average molecular weight is 535 g/mol. The molecule has 1 aliphatic carbocycles. The van der Waals surface area contributed by atoms with E-state index in [1.807, 2.05) is 52.1 Å². The maximum absolute atomic E-state index is 12.9. The van der Waals surface area contributed by atoms with Crippen molar-refractivity contribution in [2.45, 2.75) is 71.4 Å². The van der Waals surface area contributed by atoms with Gasteiger partial charge in [-0.05, 0) is 62.9 Å². The van der Waals surface area contributed by atoms with Crippen LogP contribution in [0.1, 0.15) is 79.0 Å². The highest BCUT2D eigenvalue weighted by molar-refractivity contribution is 6.33. The first-order valence-electron chi connectivity index (χ1n) is 13.0. The molecule has 2 aliphatic rings. The zero-order valence-corrected chi connectivity index (χ0v) is 22.8. The van der Waals surface area contributed by atoms with Gasteiger partial charge in [-0.1, -0.05) is 24.6 Å². The first-order valence-corrected chi connectivity index (χ1v) is 13.4. The molecule has 198 valence electrons. The fourth-order valence-electron chi connectivity index (χ4n) is 4.90. The van der Waals surface area contributed by atoms with Crippen LogP contribution in [0, 0.1) is 20.8 Å². The van der Waals surface area contributed by atoms with E-state index in [1.165, 1.54) is 0 Å². The summed E-state index contributed by atoms with van der Waals surface area (Å²) in [7, 11) is 0. The number of carbonyl (C=O) groups excluding carboxylic acids is 2. The molecule has 0 saturated heterocycles. The minimum absolute atomic E-state index is 0.0769. The van der Waals surface area contributed by atoms with Gasteiger partial charge in [0.2, 0.25) is 5.60 Å². The maximum Gasteiger partial charge on any atom is 0.350 e. The molecule has 8 nitrogen and oxygen atoms in total. The summed E-state index contributed by atoms with van der Waals surface area (Å²) >= 11 is 6.73. The first kappa shape index (κ1) is 26.1. The van der Waals surface area contributed by atoms with Gasteiger partial charge in [0, 0.05) is 47.9 Å². The Balaban J connectivity index is 1.50. The number of aromatic nitrogens is 3. The van der Waals surface area contributed by atoms with Gasteiger partial charge in [-0.25, -0.2) is 9.78 Å². The molecule has 0 spiro atoms. The van der Waals surface area contributed by atoms with Crippen LogP contribution in [-0.2, 0) is 19.1 Å². The van der Waals surface area contributed by atoms with Crippen molar-refractivity contribution in [3.8, 4) is 5.69 Å². The van der Waals surface area contributed by atoms with E-state index < -0.39 is 23.6 Å². The van der Waals surface area contributed by atoms with Crippen molar-refractivity contribution in [1.82, 2.24) is 14.5 Å². The summed E-state index contributed by atoms with van der Waals surface area (Å²) in [6, 6.07) is 7.31. The lowest BCUT2D eigenvalue weighted by Gasteiger charge is -2.18. The number of aryl methyl sites for hydroxylation is 2. The van der Waals surface area contributed by atoms with Gasteiger partial charge in [0.15, 0.2) is 0 Å². The average Bonchev–Trinajstić information content (AvgIpc) is 3.62. The number of aliphatic imine (C=N–C) groups is 1. The van der Waals surface area contributed by atoms with Crippen LogP contribution in [0.15, 0.2) is 41.7 Å². The van der Waals surface area contributed by atoms with Crippen LogP contribution >= 0.6 is 11.6 Å². The Labute approximate surface area is 227 Å². The molecule has 0 N–H and O–H groups in total. The van der Waals surface area contributed by atoms with Crippen LogP contribution in [-0.4, -0.2) is 44.4 Å². The summed E-state index contributed by atoms with van der Waals surface area (Å²) in [6.45, 7) is 8.21. The number of pyridine rings is 1. The van der Waals surface area contributed by atoms with Crippen LogP contribution in [0.2, 0.25) is 5.02 Å². The molecule has 5 rings (SSSR count). The second kappa shape index (κ2) is 10.3. The number of fused-ring (bicyclic) bond motifs is 3. The largest absolute Gasteiger partial charge is 0.463 e. The predicted molar refractivity (Wildman–Crippen MR) is 144 cm³/mol. The smallest absolute Gasteiger partial charge is 0.350 e. The third kappa shape index (κ3) is 4.73. The fraction of sp³-hybridized carbons (Fsp3) is 0.414. The standard InChI is InChI=1S/C29H31ClN4O4/c1-5-14-37-28(36)29(11-12-29)38-23(35)10-9-21-27-32-16-18(3)34(27)22-15-17(2)25(30)19(4)24(22)26(33-21)20-8-6-7-13-31-20/h6-8,13,15-16,21H,5,9-12,14H2,1-4H3/t21-/m0/s1. The zero-order valence-electron chi connectivity index (χ0n) is 22.1. The Morgan fingerprint density at radius 1 is 1.18 bits per heavy atom. The van der Waals surface area contributed by atoms with Gasteiger partial charge in [-0.3, -0.25) is 19.3 Å². The number of nitrogens with zero attached hydrogens (tertiary/aromatic N) is 4. The molecule has 1 aromatic carbocycles. The van der Waals surface area contributed by atoms with Crippen molar-refractivity contribution >= 4 is 29.3 Å². The number of esters is 2. The molecule has 0 bridgehead atoms. The third-order valence-corrected chi connectivity index (χ3v) is 7.62. The van der Waals surface area contributed by atoms with Gasteiger partial charge in [0.05, 0.1) is 23.7 Å². The third-order valence-electron chi connectivity index (χ3n) is 7.04. The molecular formula is C29H31ClN4O4. The van der Waals surface area contributed by atoms with Crippen molar-refractivity contribution in [3.63, 3.8) is 0 Å². The number of ether oxygens (including phenoxy) is 2. The molecule has 2 aromatic heterocycles. The van der Waals surface area contributed by atoms with E-state index >= 15 is 0 Å². The van der Waals surface area contributed by atoms with Gasteiger partial charge in [-0.15, -0.1) is 0 Å². The molecule has 1 atom stereocenters. The normalized spacial score (nSPS) is 17.1. The predicted octanol–water partition coefficient (Wildman–Crippen LogP) is 5.55. The summed E-state index contributed by atoms with van der Waals surface area (Å²) < 4.78 is 13.0. The molecule has 1 saturated carbocycles. The quantitative estimate of drug-likeness (QED) is 0.352. The van der Waals surface area contributed by atoms with E-state index in [0.29, 0.717) is 48.7 Å². The van der Waals surface area contributed by atoms with Crippen LogP contribution in [0.4, 0.5) is 0 Å². The van der Waals surface area contributed by atoms with E-state index in [9.17, 15) is 9.59 Å². The summed E-state index contributed by atoms with van der Waals surface area (Å²) in [5.74, 6) is -0.175. The number of hydrogen-bond donors (Lipinski definition) is 0. The van der Waals surface area contributed by atoms with Crippen molar-refractivity contribution in [2.24, 2.45) is 4.99 Å². The van der Waals surface area contributed by atoms with Gasteiger partial charge in [-0.2, -0.15) is 0 Å². The minimum Gasteiger partial charge on any atom is -0.463 e. The van der Waals surface area contributed by atoms with Gasteiger partial charge < -0.3 is 9.47 Å². The lowest BCUT2D eigenvalue weighted by molar-refractivity contribution is -0.171. The van der Waals surface area contributed by atoms with Crippen LogP contribution in [0.3, 0.4) is 0 Å². The highest BCUT2D eigenvalue weighted by atomic mass is 35.5. The summed E-state index contributed by atoms with van der Waals surface area (Å²) in [6.07, 6.45) is 5.67. The molecule has 0 unspecified atom stereocenters. The number of imidazole rings is 1. The molecule has 0 radical (unpaired) electrons. The van der Waals surface area contributed by atoms with Crippen LogP contribution in [0.5, 0.6) is 0 Å². The number of carbonyl (C=O) groups is 2. The topological polar surface area (TPSA) is 95.7 Å². The van der Waals surface area contributed by atoms with Crippen LogP contribution < -0.4 is 0 Å². The van der Waals surface area contributed by atoms with Gasteiger partial charge in [0.1, 0.15) is 11.9 Å². The molecule has 1 aliphatic heterocycles. The minimum atomic E-state index is -1.13. The molecule has 3 heterocycles. The number of rotatable bonds is 8. The Morgan fingerprint density at radius 2 is 1.97 bits per heavy atom. The highest BCUT2D eigenvalue weighted by Crippen LogP contribution is 2.42. The molecular weight excluding hydrogens is 504 g/mol. The second-order valence-electron chi connectivity index (χ2n) is 9.97. The van der Waals surface area contributed by atoms with Crippen molar-refractivity contribution in [3.05, 3.63) is 75.6 Å². The highest BCUT2D eigenvalue weighted by Gasteiger charge is 2.55. The molecule has 1 fully saturated rings. The molecule has 9 heteroatoms.